The second-order valence-corrected chi connectivity index (χ2v) is 4.98. The lowest BCUT2D eigenvalue weighted by atomic mass is 10.4. The van der Waals surface area contributed by atoms with Gasteiger partial charge in [0, 0.05) is 26.7 Å². The first kappa shape index (κ1) is 17.2. The molecule has 0 atom stereocenters. The van der Waals surface area contributed by atoms with Crippen LogP contribution in [0.3, 0.4) is 0 Å². The van der Waals surface area contributed by atoms with Gasteiger partial charge in [0.25, 0.3) is 0 Å². The van der Waals surface area contributed by atoms with Gasteiger partial charge in [-0.05, 0) is 14.1 Å². The van der Waals surface area contributed by atoms with Crippen LogP contribution in [0.1, 0.15) is 11.5 Å². The summed E-state index contributed by atoms with van der Waals surface area (Å²) in [4.78, 5) is 18.7. The van der Waals surface area contributed by atoms with Gasteiger partial charge in [0.1, 0.15) is 11.5 Å². The molecule has 1 amide bonds. The molecule has 0 aliphatic rings. The third-order valence-electron chi connectivity index (χ3n) is 2.86. The summed E-state index contributed by atoms with van der Waals surface area (Å²) in [6.45, 7) is 0.623. The van der Waals surface area contributed by atoms with Gasteiger partial charge < -0.3 is 14.4 Å². The van der Waals surface area contributed by atoms with Crippen molar-refractivity contribution in [1.82, 2.24) is 19.4 Å². The van der Waals surface area contributed by atoms with Gasteiger partial charge in [-0.25, -0.2) is 4.98 Å². The molecule has 8 heteroatoms. The summed E-state index contributed by atoms with van der Waals surface area (Å²) in [6.07, 6.45) is -0.588. The maximum atomic E-state index is 12.6. The van der Waals surface area contributed by atoms with Crippen molar-refractivity contribution in [2.75, 3.05) is 27.7 Å². The minimum atomic E-state index is -4.45. The van der Waals surface area contributed by atoms with Gasteiger partial charge >= 0.3 is 6.18 Å². The molecule has 0 aliphatic carbocycles. The van der Waals surface area contributed by atoms with Gasteiger partial charge in [0.05, 0.1) is 12.7 Å². The highest BCUT2D eigenvalue weighted by atomic mass is 19.4. The van der Waals surface area contributed by atoms with Crippen LogP contribution in [-0.2, 0) is 24.6 Å². The van der Waals surface area contributed by atoms with Crippen LogP contribution in [0.5, 0.6) is 0 Å². The average molecular weight is 304 g/mol. The second kappa shape index (κ2) is 6.75. The van der Waals surface area contributed by atoms with Gasteiger partial charge in [-0.1, -0.05) is 6.08 Å². The van der Waals surface area contributed by atoms with Crippen molar-refractivity contribution in [3.63, 3.8) is 0 Å². The molecule has 0 fully saturated rings. The highest BCUT2D eigenvalue weighted by molar-refractivity contribution is 5.87. The predicted octanol–water partition coefficient (Wildman–Crippen LogP) is 1.52. The fourth-order valence-corrected chi connectivity index (χ4v) is 1.64. The lowest BCUT2D eigenvalue weighted by Crippen LogP contribution is -2.26. The summed E-state index contributed by atoms with van der Waals surface area (Å²) in [5, 5.41) is 0. The number of carbonyl (C=O) groups is 1. The minimum absolute atomic E-state index is 0.0116. The molecule has 1 rings (SSSR count). The highest BCUT2D eigenvalue weighted by Crippen LogP contribution is 2.29. The molecule has 0 radical (unpaired) electrons. The Morgan fingerprint density at radius 2 is 2.00 bits per heavy atom. The summed E-state index contributed by atoms with van der Waals surface area (Å²) in [7, 11) is 6.53. The maximum absolute atomic E-state index is 12.6. The number of likely N-dealkylation sites (N-methyl/N-ethyl adjacent to an activating group) is 2. The van der Waals surface area contributed by atoms with Crippen molar-refractivity contribution in [3.8, 4) is 0 Å². The van der Waals surface area contributed by atoms with Crippen LogP contribution in [0.2, 0.25) is 0 Å². The van der Waals surface area contributed by atoms with Crippen molar-refractivity contribution in [2.24, 2.45) is 7.05 Å². The van der Waals surface area contributed by atoms with E-state index in [4.69, 9.17) is 0 Å². The number of halogens is 3. The summed E-state index contributed by atoms with van der Waals surface area (Å²) >= 11 is 0. The maximum Gasteiger partial charge on any atom is 0.432 e. The lowest BCUT2D eigenvalue weighted by molar-refractivity contribution is -0.143. The van der Waals surface area contributed by atoms with Crippen molar-refractivity contribution >= 4 is 5.91 Å². The first-order chi connectivity index (χ1) is 9.62. The molecular formula is C13H19F3N4O. The van der Waals surface area contributed by atoms with Crippen LogP contribution in [-0.4, -0.2) is 52.9 Å². The molecule has 0 spiro atoms. The Morgan fingerprint density at radius 1 is 1.38 bits per heavy atom. The zero-order valence-electron chi connectivity index (χ0n) is 12.5. The summed E-state index contributed by atoms with van der Waals surface area (Å²) < 4.78 is 38.9. The van der Waals surface area contributed by atoms with E-state index in [2.05, 4.69) is 4.98 Å². The monoisotopic (exact) mass is 304 g/mol. The van der Waals surface area contributed by atoms with Crippen LogP contribution in [0.4, 0.5) is 13.2 Å². The molecule has 1 aromatic heterocycles. The van der Waals surface area contributed by atoms with Crippen LogP contribution >= 0.6 is 0 Å². The fourth-order valence-electron chi connectivity index (χ4n) is 1.64. The van der Waals surface area contributed by atoms with E-state index in [1.54, 1.807) is 6.08 Å². The zero-order chi connectivity index (χ0) is 16.2. The van der Waals surface area contributed by atoms with E-state index < -0.39 is 11.9 Å². The van der Waals surface area contributed by atoms with E-state index in [-0.39, 0.29) is 18.3 Å². The van der Waals surface area contributed by atoms with E-state index in [1.807, 2.05) is 19.0 Å². The number of carbonyl (C=O) groups excluding carboxylic acids is 1. The number of alkyl halides is 3. The number of amides is 1. The molecule has 0 saturated heterocycles. The minimum Gasteiger partial charge on any atom is -0.335 e. The molecule has 0 aromatic carbocycles. The number of hydrogen-bond acceptors (Lipinski definition) is 3. The Hall–Kier alpha value is -1.83. The third kappa shape index (κ3) is 4.89. The summed E-state index contributed by atoms with van der Waals surface area (Å²) in [5.41, 5.74) is -0.832. The Kier molecular flexibility index (Phi) is 5.54. The van der Waals surface area contributed by atoms with Gasteiger partial charge in [-0.15, -0.1) is 0 Å². The van der Waals surface area contributed by atoms with E-state index in [9.17, 15) is 18.0 Å². The van der Waals surface area contributed by atoms with Gasteiger partial charge in [-0.2, -0.15) is 13.2 Å². The standard InChI is InChI=1S/C13H19F3N4O/c1-18(2)7-5-6-12(21)19(3)9-11-17-8-10(20(11)4)13(14,15)16/h5-6,8H,7,9H2,1-4H3/b6-5+. The predicted molar refractivity (Wildman–Crippen MR) is 72.4 cm³/mol. The molecule has 0 aliphatic heterocycles. The van der Waals surface area contributed by atoms with E-state index >= 15 is 0 Å². The molecule has 5 nitrogen and oxygen atoms in total. The first-order valence-electron chi connectivity index (χ1n) is 6.27. The van der Waals surface area contributed by atoms with Crippen molar-refractivity contribution < 1.29 is 18.0 Å². The quantitative estimate of drug-likeness (QED) is 0.775. The van der Waals surface area contributed by atoms with E-state index in [0.29, 0.717) is 6.54 Å². The van der Waals surface area contributed by atoms with E-state index in [1.165, 1.54) is 25.1 Å². The van der Waals surface area contributed by atoms with Gasteiger partial charge in [0.2, 0.25) is 5.91 Å². The van der Waals surface area contributed by atoms with Crippen molar-refractivity contribution in [1.29, 1.82) is 0 Å². The average Bonchev–Trinajstić information content (AvgIpc) is 2.70. The molecule has 0 N–H and O–H groups in total. The molecule has 21 heavy (non-hydrogen) atoms. The summed E-state index contributed by atoms with van der Waals surface area (Å²) in [6, 6.07) is 0. The molecule has 0 unspecified atom stereocenters. The molecular weight excluding hydrogens is 285 g/mol. The van der Waals surface area contributed by atoms with Crippen molar-refractivity contribution in [3.05, 3.63) is 29.9 Å². The largest absolute Gasteiger partial charge is 0.432 e. The molecule has 118 valence electrons. The number of nitrogens with zero attached hydrogens (tertiary/aromatic N) is 4. The Morgan fingerprint density at radius 3 is 2.48 bits per heavy atom. The zero-order valence-corrected chi connectivity index (χ0v) is 12.5. The fraction of sp³-hybridized carbons (Fsp3) is 0.538. The first-order valence-corrected chi connectivity index (χ1v) is 6.27. The highest BCUT2D eigenvalue weighted by Gasteiger charge is 2.35. The topological polar surface area (TPSA) is 41.4 Å². The van der Waals surface area contributed by atoms with Crippen LogP contribution in [0, 0.1) is 0 Å². The normalized spacial score (nSPS) is 12.4. The van der Waals surface area contributed by atoms with Crippen LogP contribution in [0.25, 0.3) is 0 Å². The molecule has 0 saturated carbocycles. The number of aromatic nitrogens is 2. The van der Waals surface area contributed by atoms with Crippen LogP contribution < -0.4 is 0 Å². The molecule has 1 heterocycles. The Balaban J connectivity index is 2.71. The number of hydrogen-bond donors (Lipinski definition) is 0. The van der Waals surface area contributed by atoms with Gasteiger partial charge in [0.15, 0.2) is 0 Å². The SMILES string of the molecule is CN(C)C/C=C/C(=O)N(C)Cc1ncc(C(F)(F)F)n1C. The molecule has 0 bridgehead atoms. The van der Waals surface area contributed by atoms with Crippen molar-refractivity contribution in [2.45, 2.75) is 12.7 Å². The third-order valence-corrected chi connectivity index (χ3v) is 2.86. The van der Waals surface area contributed by atoms with Gasteiger partial charge in [-0.3, -0.25) is 4.79 Å². The van der Waals surface area contributed by atoms with E-state index in [0.717, 1.165) is 10.8 Å². The number of imidazole rings is 1. The number of rotatable bonds is 5. The lowest BCUT2D eigenvalue weighted by Gasteiger charge is -2.16. The Bertz CT molecular complexity index is 520. The molecule has 1 aromatic rings. The Labute approximate surface area is 121 Å². The second-order valence-electron chi connectivity index (χ2n) is 4.98. The smallest absolute Gasteiger partial charge is 0.335 e. The summed E-state index contributed by atoms with van der Waals surface area (Å²) in [5.74, 6) is -0.104. The van der Waals surface area contributed by atoms with Crippen LogP contribution in [0.15, 0.2) is 18.3 Å².